The van der Waals surface area contributed by atoms with E-state index in [0.717, 1.165) is 37.6 Å². The van der Waals surface area contributed by atoms with Crippen molar-refractivity contribution in [1.82, 2.24) is 19.4 Å². The number of hydrogen-bond donors (Lipinski definition) is 1. The molecule has 1 aromatic carbocycles. The molecule has 23 heavy (non-hydrogen) atoms. The zero-order valence-corrected chi connectivity index (χ0v) is 14.0. The van der Waals surface area contributed by atoms with Crippen molar-refractivity contribution in [1.29, 1.82) is 0 Å². The number of hydrogen-bond acceptors (Lipinski definition) is 4. The number of piperazine rings is 1. The van der Waals surface area contributed by atoms with Crippen LogP contribution in [-0.2, 0) is 13.6 Å². The second-order valence-corrected chi connectivity index (χ2v) is 6.46. The van der Waals surface area contributed by atoms with Gasteiger partial charge < -0.3 is 9.67 Å². The van der Waals surface area contributed by atoms with E-state index in [-0.39, 0.29) is 0 Å². The summed E-state index contributed by atoms with van der Waals surface area (Å²) in [7, 11) is 2.04. The van der Waals surface area contributed by atoms with Crippen molar-refractivity contribution in [2.75, 3.05) is 26.2 Å². The third kappa shape index (κ3) is 3.99. The summed E-state index contributed by atoms with van der Waals surface area (Å²) < 4.78 is 2.08. The van der Waals surface area contributed by atoms with Gasteiger partial charge in [0.1, 0.15) is 5.82 Å². The molecule has 0 radical (unpaired) electrons. The van der Waals surface area contributed by atoms with E-state index >= 15 is 0 Å². The molecule has 0 spiro atoms. The molecule has 2 aromatic rings. The van der Waals surface area contributed by atoms with Crippen molar-refractivity contribution in [3.05, 3.63) is 54.1 Å². The lowest BCUT2D eigenvalue weighted by atomic mass is 10.1. The Balaban J connectivity index is 1.53. The van der Waals surface area contributed by atoms with Crippen molar-refractivity contribution in [2.45, 2.75) is 25.6 Å². The van der Waals surface area contributed by atoms with Gasteiger partial charge in [-0.3, -0.25) is 9.80 Å². The standard InChI is InChI=1S/C18H26N4O/c1-15-12-21(14-18-19-8-9-20(18)2)10-11-22(15)13-17(23)16-6-4-3-5-7-16/h3-9,15,17,23H,10-14H2,1-2H3. The summed E-state index contributed by atoms with van der Waals surface area (Å²) in [5, 5.41) is 10.4. The highest BCUT2D eigenvalue weighted by molar-refractivity contribution is 5.17. The van der Waals surface area contributed by atoms with Crippen molar-refractivity contribution < 1.29 is 5.11 Å². The zero-order valence-electron chi connectivity index (χ0n) is 14.0. The SMILES string of the molecule is CC1CN(Cc2nccn2C)CCN1CC(O)c1ccccc1. The van der Waals surface area contributed by atoms with E-state index < -0.39 is 6.10 Å². The smallest absolute Gasteiger partial charge is 0.122 e. The molecule has 2 unspecified atom stereocenters. The van der Waals surface area contributed by atoms with Gasteiger partial charge >= 0.3 is 0 Å². The molecule has 124 valence electrons. The summed E-state index contributed by atoms with van der Waals surface area (Å²) in [5.74, 6) is 1.11. The molecular weight excluding hydrogens is 288 g/mol. The van der Waals surface area contributed by atoms with E-state index in [9.17, 15) is 5.11 Å². The Kier molecular flexibility index (Phi) is 5.10. The summed E-state index contributed by atoms with van der Waals surface area (Å²) in [4.78, 5) is 9.23. The van der Waals surface area contributed by atoms with Gasteiger partial charge in [-0.05, 0) is 12.5 Å². The summed E-state index contributed by atoms with van der Waals surface area (Å²) in [6.07, 6.45) is 3.43. The van der Waals surface area contributed by atoms with Crippen LogP contribution in [0, 0.1) is 0 Å². The Labute approximate surface area is 138 Å². The predicted molar refractivity (Wildman–Crippen MR) is 90.9 cm³/mol. The van der Waals surface area contributed by atoms with Gasteiger partial charge in [-0.15, -0.1) is 0 Å². The van der Waals surface area contributed by atoms with Gasteiger partial charge in [-0.2, -0.15) is 0 Å². The normalized spacial score (nSPS) is 21.4. The number of aryl methyl sites for hydroxylation is 1. The second kappa shape index (κ2) is 7.25. The van der Waals surface area contributed by atoms with Crippen LogP contribution in [0.5, 0.6) is 0 Å². The fourth-order valence-corrected chi connectivity index (χ4v) is 3.24. The molecule has 1 N–H and O–H groups in total. The first-order chi connectivity index (χ1) is 11.1. The van der Waals surface area contributed by atoms with Gasteiger partial charge in [-0.1, -0.05) is 30.3 Å². The summed E-state index contributed by atoms with van der Waals surface area (Å²) in [5.41, 5.74) is 0.995. The van der Waals surface area contributed by atoms with Crippen molar-refractivity contribution in [3.63, 3.8) is 0 Å². The van der Waals surface area contributed by atoms with E-state index in [0.29, 0.717) is 12.6 Å². The van der Waals surface area contributed by atoms with Crippen LogP contribution in [0.4, 0.5) is 0 Å². The molecule has 1 saturated heterocycles. The first kappa shape index (κ1) is 16.2. The molecule has 1 aliphatic heterocycles. The maximum atomic E-state index is 10.4. The molecule has 1 aliphatic rings. The summed E-state index contributed by atoms with van der Waals surface area (Å²) in [6.45, 7) is 6.83. The van der Waals surface area contributed by atoms with E-state index in [1.54, 1.807) is 0 Å². The second-order valence-electron chi connectivity index (χ2n) is 6.46. The highest BCUT2D eigenvalue weighted by atomic mass is 16.3. The third-order valence-electron chi connectivity index (χ3n) is 4.73. The van der Waals surface area contributed by atoms with E-state index in [4.69, 9.17) is 0 Å². The number of benzene rings is 1. The zero-order chi connectivity index (χ0) is 16.2. The average Bonchev–Trinajstić information content (AvgIpc) is 2.96. The number of aromatic nitrogens is 2. The lowest BCUT2D eigenvalue weighted by Gasteiger charge is -2.40. The highest BCUT2D eigenvalue weighted by Gasteiger charge is 2.26. The lowest BCUT2D eigenvalue weighted by molar-refractivity contribution is 0.0351. The number of nitrogens with zero attached hydrogens (tertiary/aromatic N) is 4. The molecule has 2 atom stereocenters. The molecule has 0 aliphatic carbocycles. The van der Waals surface area contributed by atoms with Crippen LogP contribution in [0.1, 0.15) is 24.4 Å². The number of rotatable bonds is 5. The molecule has 2 heterocycles. The molecule has 1 aromatic heterocycles. The number of β-amino-alcohol motifs (C(OH)–C–C–N with tert-alkyl or cyclic N) is 1. The van der Waals surface area contributed by atoms with E-state index in [2.05, 4.69) is 26.3 Å². The Hall–Kier alpha value is -1.69. The Bertz CT molecular complexity index is 612. The minimum Gasteiger partial charge on any atom is -0.387 e. The first-order valence-electron chi connectivity index (χ1n) is 8.29. The quantitative estimate of drug-likeness (QED) is 0.912. The molecule has 0 amide bonds. The topological polar surface area (TPSA) is 44.5 Å². The number of aliphatic hydroxyl groups is 1. The first-order valence-corrected chi connectivity index (χ1v) is 8.29. The minimum atomic E-state index is -0.417. The maximum Gasteiger partial charge on any atom is 0.122 e. The van der Waals surface area contributed by atoms with Crippen LogP contribution in [0.25, 0.3) is 0 Å². The van der Waals surface area contributed by atoms with E-state index in [1.807, 2.05) is 49.8 Å². The third-order valence-corrected chi connectivity index (χ3v) is 4.73. The lowest BCUT2D eigenvalue weighted by Crippen LogP contribution is -2.52. The largest absolute Gasteiger partial charge is 0.387 e. The fourth-order valence-electron chi connectivity index (χ4n) is 3.24. The van der Waals surface area contributed by atoms with Crippen molar-refractivity contribution in [2.24, 2.45) is 7.05 Å². The van der Waals surface area contributed by atoms with Gasteiger partial charge in [0.15, 0.2) is 0 Å². The van der Waals surface area contributed by atoms with Crippen LogP contribution in [-0.4, -0.2) is 56.7 Å². The number of imidazole rings is 1. The monoisotopic (exact) mass is 314 g/mol. The van der Waals surface area contributed by atoms with Crippen LogP contribution < -0.4 is 0 Å². The predicted octanol–water partition coefficient (Wildman–Crippen LogP) is 1.66. The van der Waals surface area contributed by atoms with Crippen LogP contribution in [0.2, 0.25) is 0 Å². The maximum absolute atomic E-state index is 10.4. The van der Waals surface area contributed by atoms with Crippen LogP contribution in [0.15, 0.2) is 42.7 Å². The average molecular weight is 314 g/mol. The van der Waals surface area contributed by atoms with Crippen molar-refractivity contribution in [3.8, 4) is 0 Å². The van der Waals surface area contributed by atoms with Gasteiger partial charge in [0.2, 0.25) is 0 Å². The summed E-state index contributed by atoms with van der Waals surface area (Å²) in [6, 6.07) is 10.4. The van der Waals surface area contributed by atoms with Gasteiger partial charge in [0, 0.05) is 51.7 Å². The van der Waals surface area contributed by atoms with Crippen LogP contribution in [0.3, 0.4) is 0 Å². The Morgan fingerprint density at radius 2 is 2.04 bits per heavy atom. The molecule has 3 rings (SSSR count). The number of aliphatic hydroxyl groups excluding tert-OH is 1. The molecule has 5 nitrogen and oxygen atoms in total. The Morgan fingerprint density at radius 3 is 2.70 bits per heavy atom. The molecule has 1 fully saturated rings. The Morgan fingerprint density at radius 1 is 1.26 bits per heavy atom. The summed E-state index contributed by atoms with van der Waals surface area (Å²) >= 11 is 0. The van der Waals surface area contributed by atoms with Gasteiger partial charge in [0.05, 0.1) is 12.6 Å². The van der Waals surface area contributed by atoms with Crippen LogP contribution >= 0.6 is 0 Å². The van der Waals surface area contributed by atoms with E-state index in [1.165, 1.54) is 0 Å². The molecule has 5 heteroatoms. The molecule has 0 saturated carbocycles. The minimum absolute atomic E-state index is 0.417. The van der Waals surface area contributed by atoms with Crippen molar-refractivity contribution >= 4 is 0 Å². The van der Waals surface area contributed by atoms with Gasteiger partial charge in [-0.25, -0.2) is 4.98 Å². The molecular formula is C18H26N4O. The molecule has 0 bridgehead atoms. The highest BCUT2D eigenvalue weighted by Crippen LogP contribution is 2.18. The fraction of sp³-hybridized carbons (Fsp3) is 0.500. The van der Waals surface area contributed by atoms with Gasteiger partial charge in [0.25, 0.3) is 0 Å².